The SMILES string of the molecule is O=C(NCc1ccncc1)[C@@H]1CCCN1C(=O)[C@@H]1CCCN1C(=O)c1cccc2ccccc12. The summed E-state index contributed by atoms with van der Waals surface area (Å²) in [6.45, 7) is 1.49. The van der Waals surface area contributed by atoms with E-state index in [1.807, 2.05) is 54.6 Å². The van der Waals surface area contributed by atoms with Gasteiger partial charge in [0.15, 0.2) is 0 Å². The molecule has 5 rings (SSSR count). The quantitative estimate of drug-likeness (QED) is 0.640. The number of likely N-dealkylation sites (tertiary alicyclic amines) is 2. The fourth-order valence-electron chi connectivity index (χ4n) is 5.14. The summed E-state index contributed by atoms with van der Waals surface area (Å²) in [7, 11) is 0. The first-order valence-corrected chi connectivity index (χ1v) is 11.9. The van der Waals surface area contributed by atoms with Crippen molar-refractivity contribution < 1.29 is 14.4 Å². The summed E-state index contributed by atoms with van der Waals surface area (Å²) in [6.07, 6.45) is 6.20. The van der Waals surface area contributed by atoms with Gasteiger partial charge in [0.1, 0.15) is 12.1 Å². The number of hydrogen-bond acceptors (Lipinski definition) is 4. The van der Waals surface area contributed by atoms with Gasteiger partial charge in [-0.2, -0.15) is 0 Å². The van der Waals surface area contributed by atoms with Gasteiger partial charge in [-0.15, -0.1) is 0 Å². The fraction of sp³-hybridized carbons (Fsp3) is 0.333. The number of nitrogens with one attached hydrogen (secondary N) is 1. The molecule has 1 aromatic heterocycles. The zero-order valence-corrected chi connectivity index (χ0v) is 19.0. The predicted octanol–water partition coefficient (Wildman–Crippen LogP) is 3.15. The van der Waals surface area contributed by atoms with Crippen LogP contribution in [0.1, 0.15) is 41.6 Å². The summed E-state index contributed by atoms with van der Waals surface area (Å²) in [6, 6.07) is 16.2. The second kappa shape index (κ2) is 9.63. The Morgan fingerprint density at radius 2 is 1.56 bits per heavy atom. The third-order valence-corrected chi connectivity index (χ3v) is 6.87. The first kappa shape index (κ1) is 22.1. The van der Waals surface area contributed by atoms with E-state index in [0.29, 0.717) is 38.0 Å². The van der Waals surface area contributed by atoms with Crippen molar-refractivity contribution in [3.05, 3.63) is 78.1 Å². The van der Waals surface area contributed by atoms with Crippen molar-refractivity contribution in [1.29, 1.82) is 0 Å². The van der Waals surface area contributed by atoms with E-state index in [-0.39, 0.29) is 17.7 Å². The molecule has 2 fully saturated rings. The van der Waals surface area contributed by atoms with Crippen LogP contribution in [0.25, 0.3) is 10.8 Å². The molecule has 2 aliphatic rings. The van der Waals surface area contributed by atoms with E-state index < -0.39 is 12.1 Å². The average molecular weight is 457 g/mol. The molecule has 0 aliphatic carbocycles. The first-order valence-electron chi connectivity index (χ1n) is 11.9. The van der Waals surface area contributed by atoms with E-state index in [0.717, 1.165) is 29.2 Å². The maximum atomic E-state index is 13.6. The van der Waals surface area contributed by atoms with Crippen molar-refractivity contribution in [3.8, 4) is 0 Å². The van der Waals surface area contributed by atoms with Crippen molar-refractivity contribution in [2.75, 3.05) is 13.1 Å². The molecule has 2 aliphatic heterocycles. The van der Waals surface area contributed by atoms with Gasteiger partial charge in [-0.1, -0.05) is 36.4 Å². The summed E-state index contributed by atoms with van der Waals surface area (Å²) < 4.78 is 0. The second-order valence-corrected chi connectivity index (χ2v) is 8.95. The minimum Gasteiger partial charge on any atom is -0.350 e. The molecule has 7 nitrogen and oxygen atoms in total. The molecular weight excluding hydrogens is 428 g/mol. The highest BCUT2D eigenvalue weighted by Gasteiger charge is 2.42. The summed E-state index contributed by atoms with van der Waals surface area (Å²) in [5.41, 5.74) is 1.58. The standard InChI is InChI=1S/C27H28N4O3/c32-25(29-18-19-12-14-28-15-13-19)23-10-4-16-30(23)27(34)24-11-5-17-31(24)26(33)22-9-3-7-20-6-1-2-8-21(20)22/h1-3,6-9,12-15,23-24H,4-5,10-11,16-18H2,(H,29,32)/t23-,24-/m0/s1. The van der Waals surface area contributed by atoms with Gasteiger partial charge in [0.2, 0.25) is 11.8 Å². The fourth-order valence-corrected chi connectivity index (χ4v) is 5.14. The number of carbonyl (C=O) groups excluding carboxylic acids is 3. The number of fused-ring (bicyclic) bond motifs is 1. The minimum atomic E-state index is -0.528. The van der Waals surface area contributed by atoms with Crippen molar-refractivity contribution in [2.24, 2.45) is 0 Å². The molecule has 174 valence electrons. The van der Waals surface area contributed by atoms with Crippen LogP contribution in [-0.2, 0) is 16.1 Å². The normalized spacial score (nSPS) is 20.0. The lowest BCUT2D eigenvalue weighted by molar-refractivity contribution is -0.141. The van der Waals surface area contributed by atoms with Crippen LogP contribution in [0, 0.1) is 0 Å². The number of aromatic nitrogens is 1. The van der Waals surface area contributed by atoms with E-state index >= 15 is 0 Å². The molecule has 2 aromatic carbocycles. The molecule has 1 N–H and O–H groups in total. The topological polar surface area (TPSA) is 82.6 Å². The lowest BCUT2D eigenvalue weighted by Gasteiger charge is -2.31. The first-order chi connectivity index (χ1) is 16.6. The van der Waals surface area contributed by atoms with Gasteiger partial charge in [0.05, 0.1) is 0 Å². The number of hydrogen-bond donors (Lipinski definition) is 1. The minimum absolute atomic E-state index is 0.118. The van der Waals surface area contributed by atoms with Gasteiger partial charge in [0, 0.05) is 37.6 Å². The van der Waals surface area contributed by atoms with Gasteiger partial charge in [-0.25, -0.2) is 0 Å². The van der Waals surface area contributed by atoms with Crippen LogP contribution in [0.3, 0.4) is 0 Å². The maximum absolute atomic E-state index is 13.6. The molecule has 0 saturated carbocycles. The zero-order chi connectivity index (χ0) is 23.5. The number of rotatable bonds is 5. The molecule has 3 amide bonds. The lowest BCUT2D eigenvalue weighted by atomic mass is 10.0. The van der Waals surface area contributed by atoms with Crippen molar-refractivity contribution in [2.45, 2.75) is 44.3 Å². The van der Waals surface area contributed by atoms with E-state index in [9.17, 15) is 14.4 Å². The van der Waals surface area contributed by atoms with Crippen molar-refractivity contribution in [3.63, 3.8) is 0 Å². The Morgan fingerprint density at radius 3 is 2.38 bits per heavy atom. The van der Waals surface area contributed by atoms with E-state index in [4.69, 9.17) is 0 Å². The van der Waals surface area contributed by atoms with Crippen LogP contribution in [0.5, 0.6) is 0 Å². The van der Waals surface area contributed by atoms with Crippen LogP contribution in [0.15, 0.2) is 67.0 Å². The lowest BCUT2D eigenvalue weighted by Crippen LogP contribution is -2.52. The number of amides is 3. The highest BCUT2D eigenvalue weighted by Crippen LogP contribution is 2.28. The predicted molar refractivity (Wildman–Crippen MR) is 129 cm³/mol. The van der Waals surface area contributed by atoms with Crippen LogP contribution in [0.2, 0.25) is 0 Å². The van der Waals surface area contributed by atoms with Crippen LogP contribution in [-0.4, -0.2) is 57.7 Å². The average Bonchev–Trinajstić information content (AvgIpc) is 3.57. The Balaban J connectivity index is 1.31. The third-order valence-electron chi connectivity index (χ3n) is 6.87. The zero-order valence-electron chi connectivity index (χ0n) is 19.0. The Morgan fingerprint density at radius 1 is 0.853 bits per heavy atom. The Labute approximate surface area is 198 Å². The van der Waals surface area contributed by atoms with Crippen molar-refractivity contribution in [1.82, 2.24) is 20.1 Å². The molecule has 3 aromatic rings. The number of pyridine rings is 1. The molecule has 0 bridgehead atoms. The number of carbonyl (C=O) groups is 3. The maximum Gasteiger partial charge on any atom is 0.255 e. The molecule has 2 saturated heterocycles. The van der Waals surface area contributed by atoms with Gasteiger partial charge in [-0.05, 0) is 60.2 Å². The second-order valence-electron chi connectivity index (χ2n) is 8.95. The largest absolute Gasteiger partial charge is 0.350 e. The van der Waals surface area contributed by atoms with Gasteiger partial charge in [-0.3, -0.25) is 19.4 Å². The monoisotopic (exact) mass is 456 g/mol. The Kier molecular flexibility index (Phi) is 6.25. The molecular formula is C27H28N4O3. The van der Waals surface area contributed by atoms with Crippen molar-refractivity contribution >= 4 is 28.5 Å². The third kappa shape index (κ3) is 4.25. The smallest absolute Gasteiger partial charge is 0.255 e. The van der Waals surface area contributed by atoms with E-state index in [1.54, 1.807) is 22.2 Å². The molecule has 34 heavy (non-hydrogen) atoms. The molecule has 0 spiro atoms. The Bertz CT molecular complexity index is 1210. The van der Waals surface area contributed by atoms with Crippen LogP contribution >= 0.6 is 0 Å². The highest BCUT2D eigenvalue weighted by atomic mass is 16.2. The van der Waals surface area contributed by atoms with Crippen LogP contribution in [0.4, 0.5) is 0 Å². The van der Waals surface area contributed by atoms with Gasteiger partial charge < -0.3 is 15.1 Å². The molecule has 0 radical (unpaired) electrons. The summed E-state index contributed by atoms with van der Waals surface area (Å²) in [5, 5.41) is 4.85. The summed E-state index contributed by atoms with van der Waals surface area (Å²) in [4.78, 5) is 47.4. The van der Waals surface area contributed by atoms with E-state index in [1.165, 1.54) is 0 Å². The Hall–Kier alpha value is -3.74. The van der Waals surface area contributed by atoms with Crippen LogP contribution < -0.4 is 5.32 Å². The summed E-state index contributed by atoms with van der Waals surface area (Å²) >= 11 is 0. The molecule has 0 unspecified atom stereocenters. The molecule has 3 heterocycles. The van der Waals surface area contributed by atoms with Gasteiger partial charge >= 0.3 is 0 Å². The van der Waals surface area contributed by atoms with E-state index in [2.05, 4.69) is 10.3 Å². The summed E-state index contributed by atoms with van der Waals surface area (Å²) in [5.74, 6) is -0.384. The highest BCUT2D eigenvalue weighted by molar-refractivity contribution is 6.08. The number of nitrogens with zero attached hydrogens (tertiary/aromatic N) is 3. The molecule has 2 atom stereocenters. The number of benzene rings is 2. The molecule has 7 heteroatoms. The van der Waals surface area contributed by atoms with Gasteiger partial charge in [0.25, 0.3) is 5.91 Å².